The molecule has 0 aromatic heterocycles. The maximum absolute atomic E-state index is 5.72. The van der Waals surface area contributed by atoms with Crippen LogP contribution < -0.4 is 14.8 Å². The van der Waals surface area contributed by atoms with Crippen molar-refractivity contribution in [3.8, 4) is 11.5 Å². The summed E-state index contributed by atoms with van der Waals surface area (Å²) in [6.45, 7) is 5.12. The fourth-order valence-electron chi connectivity index (χ4n) is 2.30. The van der Waals surface area contributed by atoms with Crippen LogP contribution in [0.15, 0.2) is 12.1 Å². The summed E-state index contributed by atoms with van der Waals surface area (Å²) in [5.41, 5.74) is 2.52. The zero-order chi connectivity index (χ0) is 11.7. The molecule has 1 aromatic carbocycles. The summed E-state index contributed by atoms with van der Waals surface area (Å²) < 4.78 is 16.5. The fourth-order valence-corrected chi connectivity index (χ4v) is 2.30. The van der Waals surface area contributed by atoms with Gasteiger partial charge in [-0.2, -0.15) is 0 Å². The molecule has 1 saturated heterocycles. The molecule has 17 heavy (non-hydrogen) atoms. The Labute approximate surface area is 101 Å². The predicted octanol–water partition coefficient (Wildman–Crippen LogP) is 1.25. The Morgan fingerprint density at radius 2 is 2.12 bits per heavy atom. The topological polar surface area (TPSA) is 39.7 Å². The van der Waals surface area contributed by atoms with Gasteiger partial charge in [-0.1, -0.05) is 0 Å². The van der Waals surface area contributed by atoms with Crippen LogP contribution in [0.4, 0.5) is 0 Å². The Kier molecular flexibility index (Phi) is 2.91. The van der Waals surface area contributed by atoms with Crippen molar-refractivity contribution in [1.29, 1.82) is 0 Å². The molecule has 2 aliphatic rings. The Bertz CT molecular complexity index is 413. The van der Waals surface area contributed by atoms with E-state index in [9.17, 15) is 0 Å². The highest BCUT2D eigenvalue weighted by Gasteiger charge is 2.19. The van der Waals surface area contributed by atoms with E-state index >= 15 is 0 Å². The van der Waals surface area contributed by atoms with Gasteiger partial charge >= 0.3 is 0 Å². The van der Waals surface area contributed by atoms with Gasteiger partial charge in [0.25, 0.3) is 0 Å². The van der Waals surface area contributed by atoms with E-state index in [0.29, 0.717) is 6.79 Å². The van der Waals surface area contributed by atoms with Gasteiger partial charge in [-0.15, -0.1) is 0 Å². The number of fused-ring (bicyclic) bond motifs is 1. The molecule has 1 atom stereocenters. The minimum Gasteiger partial charge on any atom is -0.454 e. The van der Waals surface area contributed by atoms with Gasteiger partial charge in [0.15, 0.2) is 11.5 Å². The summed E-state index contributed by atoms with van der Waals surface area (Å²) in [5.74, 6) is 1.71. The van der Waals surface area contributed by atoms with Gasteiger partial charge in [-0.05, 0) is 30.2 Å². The van der Waals surface area contributed by atoms with E-state index in [-0.39, 0.29) is 6.10 Å². The molecule has 1 N–H and O–H groups in total. The molecule has 4 nitrogen and oxygen atoms in total. The van der Waals surface area contributed by atoms with Crippen LogP contribution >= 0.6 is 0 Å². The number of nitrogens with one attached hydrogen (secondary N) is 1. The number of benzene rings is 1. The van der Waals surface area contributed by atoms with Crippen molar-refractivity contribution in [3.05, 3.63) is 23.3 Å². The average Bonchev–Trinajstić information content (AvgIpc) is 2.78. The first-order chi connectivity index (χ1) is 8.33. The van der Waals surface area contributed by atoms with E-state index < -0.39 is 0 Å². The van der Waals surface area contributed by atoms with Crippen molar-refractivity contribution in [2.45, 2.75) is 19.4 Å². The molecule has 4 heteroatoms. The van der Waals surface area contributed by atoms with E-state index in [1.54, 1.807) is 0 Å². The van der Waals surface area contributed by atoms with Gasteiger partial charge in [0.1, 0.15) is 0 Å². The van der Waals surface area contributed by atoms with E-state index in [2.05, 4.69) is 18.3 Å². The Hall–Kier alpha value is -1.26. The monoisotopic (exact) mass is 235 g/mol. The van der Waals surface area contributed by atoms with Crippen LogP contribution in [-0.4, -0.2) is 32.6 Å². The summed E-state index contributed by atoms with van der Waals surface area (Å²) >= 11 is 0. The molecule has 0 radical (unpaired) electrons. The average molecular weight is 235 g/mol. The molecule has 2 aliphatic heterocycles. The van der Waals surface area contributed by atoms with Crippen LogP contribution in [0.1, 0.15) is 11.1 Å². The molecule has 0 amide bonds. The van der Waals surface area contributed by atoms with Gasteiger partial charge in [-0.3, -0.25) is 0 Å². The zero-order valence-corrected chi connectivity index (χ0v) is 9.99. The molecule has 1 fully saturated rings. The van der Waals surface area contributed by atoms with Gasteiger partial charge in [0.2, 0.25) is 6.79 Å². The molecule has 0 saturated carbocycles. The van der Waals surface area contributed by atoms with Crippen LogP contribution in [-0.2, 0) is 11.2 Å². The third kappa shape index (κ3) is 2.23. The molecular formula is C13H17NO3. The molecule has 2 heterocycles. The highest BCUT2D eigenvalue weighted by molar-refractivity contribution is 5.48. The SMILES string of the molecule is Cc1cc2c(cc1CC1CNCCO1)OCO2. The highest BCUT2D eigenvalue weighted by atomic mass is 16.7. The van der Waals surface area contributed by atoms with Crippen molar-refractivity contribution >= 4 is 0 Å². The molecule has 3 rings (SSSR count). The van der Waals surface area contributed by atoms with Gasteiger partial charge in [0, 0.05) is 19.5 Å². The number of hydrogen-bond donors (Lipinski definition) is 1. The van der Waals surface area contributed by atoms with Crippen LogP contribution in [0.2, 0.25) is 0 Å². The lowest BCUT2D eigenvalue weighted by Gasteiger charge is -2.24. The number of rotatable bonds is 2. The first-order valence-electron chi connectivity index (χ1n) is 6.04. The smallest absolute Gasteiger partial charge is 0.231 e. The molecule has 1 aromatic rings. The van der Waals surface area contributed by atoms with E-state index in [0.717, 1.165) is 37.6 Å². The molecule has 0 spiro atoms. The van der Waals surface area contributed by atoms with Crippen LogP contribution in [0.5, 0.6) is 11.5 Å². The van der Waals surface area contributed by atoms with Crippen molar-refractivity contribution in [3.63, 3.8) is 0 Å². The van der Waals surface area contributed by atoms with Crippen molar-refractivity contribution in [1.82, 2.24) is 5.32 Å². The lowest BCUT2D eigenvalue weighted by Crippen LogP contribution is -2.39. The quantitative estimate of drug-likeness (QED) is 0.837. The van der Waals surface area contributed by atoms with Crippen molar-refractivity contribution in [2.24, 2.45) is 0 Å². The first-order valence-corrected chi connectivity index (χ1v) is 6.04. The highest BCUT2D eigenvalue weighted by Crippen LogP contribution is 2.35. The van der Waals surface area contributed by atoms with Crippen LogP contribution in [0, 0.1) is 6.92 Å². The summed E-state index contributed by atoms with van der Waals surface area (Å²) in [6, 6.07) is 4.13. The van der Waals surface area contributed by atoms with Crippen molar-refractivity contribution < 1.29 is 14.2 Å². The number of hydrogen-bond acceptors (Lipinski definition) is 4. The third-order valence-corrected chi connectivity index (χ3v) is 3.28. The second-order valence-electron chi connectivity index (χ2n) is 4.53. The Balaban J connectivity index is 1.78. The third-order valence-electron chi connectivity index (χ3n) is 3.28. The lowest BCUT2D eigenvalue weighted by molar-refractivity contribution is 0.0291. The van der Waals surface area contributed by atoms with Crippen LogP contribution in [0.25, 0.3) is 0 Å². The van der Waals surface area contributed by atoms with Gasteiger partial charge in [-0.25, -0.2) is 0 Å². The normalized spacial score (nSPS) is 22.8. The molecular weight excluding hydrogens is 218 g/mol. The second kappa shape index (κ2) is 4.55. The summed E-state index contributed by atoms with van der Waals surface area (Å²) in [7, 11) is 0. The first kappa shape index (κ1) is 10.9. The molecule has 0 aliphatic carbocycles. The van der Waals surface area contributed by atoms with Gasteiger partial charge in [0.05, 0.1) is 12.7 Å². The summed E-state index contributed by atoms with van der Waals surface area (Å²) in [4.78, 5) is 0. The van der Waals surface area contributed by atoms with E-state index in [1.165, 1.54) is 11.1 Å². The minimum absolute atomic E-state index is 0.267. The number of morpholine rings is 1. The summed E-state index contributed by atoms with van der Waals surface area (Å²) in [5, 5.41) is 3.35. The molecule has 1 unspecified atom stereocenters. The fraction of sp³-hybridized carbons (Fsp3) is 0.538. The Morgan fingerprint density at radius 1 is 1.29 bits per heavy atom. The maximum Gasteiger partial charge on any atom is 0.231 e. The van der Waals surface area contributed by atoms with Crippen LogP contribution in [0.3, 0.4) is 0 Å². The predicted molar refractivity (Wildman–Crippen MR) is 63.6 cm³/mol. The molecule has 92 valence electrons. The zero-order valence-electron chi connectivity index (χ0n) is 9.99. The second-order valence-corrected chi connectivity index (χ2v) is 4.53. The molecule has 0 bridgehead atoms. The number of ether oxygens (including phenoxy) is 3. The lowest BCUT2D eigenvalue weighted by atomic mass is 10.0. The largest absolute Gasteiger partial charge is 0.454 e. The number of aryl methyl sites for hydroxylation is 1. The van der Waals surface area contributed by atoms with E-state index in [1.807, 2.05) is 6.07 Å². The minimum atomic E-state index is 0.267. The summed E-state index contributed by atoms with van der Waals surface area (Å²) in [6.07, 6.45) is 1.19. The standard InChI is InChI=1S/C13H17NO3/c1-9-4-12-13(17-8-16-12)6-10(9)5-11-7-14-2-3-15-11/h4,6,11,14H,2-3,5,7-8H2,1H3. The van der Waals surface area contributed by atoms with Gasteiger partial charge < -0.3 is 19.5 Å². The van der Waals surface area contributed by atoms with Crippen molar-refractivity contribution in [2.75, 3.05) is 26.5 Å². The van der Waals surface area contributed by atoms with E-state index in [4.69, 9.17) is 14.2 Å². The Morgan fingerprint density at radius 3 is 2.88 bits per heavy atom. The maximum atomic E-state index is 5.72.